The van der Waals surface area contributed by atoms with Crippen molar-refractivity contribution >= 4 is 0 Å². The van der Waals surface area contributed by atoms with Crippen LogP contribution in [0.3, 0.4) is 0 Å². The topological polar surface area (TPSA) is 27.0 Å². The molecule has 1 aliphatic carbocycles. The van der Waals surface area contributed by atoms with Gasteiger partial charge >= 0.3 is 0 Å². The first-order valence-electron chi connectivity index (χ1n) is 6.42. The van der Waals surface area contributed by atoms with Crippen LogP contribution in [0.1, 0.15) is 30.7 Å². The molecule has 0 N–H and O–H groups in total. The standard InChI is InChI=1S/C15H20N2/c1-17(11-13-6-5-7-13)12-15(10-16)14-8-3-2-4-9-14/h2-4,8-9,13,15H,5-7,11-12H2,1H3. The third-order valence-corrected chi connectivity index (χ3v) is 3.65. The van der Waals surface area contributed by atoms with E-state index in [4.69, 9.17) is 0 Å². The molecule has 0 amide bonds. The fourth-order valence-corrected chi connectivity index (χ4v) is 2.41. The van der Waals surface area contributed by atoms with Crippen molar-refractivity contribution in [2.24, 2.45) is 5.92 Å². The van der Waals surface area contributed by atoms with Gasteiger partial charge in [-0.05, 0) is 31.4 Å². The Morgan fingerprint density at radius 2 is 2.06 bits per heavy atom. The SMILES string of the molecule is CN(CC1CCC1)CC(C#N)c1ccccc1. The normalized spacial score (nSPS) is 17.5. The highest BCUT2D eigenvalue weighted by molar-refractivity contribution is 5.25. The minimum atomic E-state index is 0.00118. The van der Waals surface area contributed by atoms with Crippen molar-refractivity contribution in [1.29, 1.82) is 5.26 Å². The van der Waals surface area contributed by atoms with Crippen LogP contribution >= 0.6 is 0 Å². The molecule has 0 saturated heterocycles. The molecule has 0 aliphatic heterocycles. The van der Waals surface area contributed by atoms with E-state index in [9.17, 15) is 5.26 Å². The summed E-state index contributed by atoms with van der Waals surface area (Å²) in [6.07, 6.45) is 4.12. The Morgan fingerprint density at radius 3 is 2.59 bits per heavy atom. The van der Waals surface area contributed by atoms with E-state index in [1.165, 1.54) is 19.3 Å². The summed E-state index contributed by atoms with van der Waals surface area (Å²) in [5, 5.41) is 9.26. The lowest BCUT2D eigenvalue weighted by Gasteiger charge is -2.31. The van der Waals surface area contributed by atoms with E-state index < -0.39 is 0 Å². The van der Waals surface area contributed by atoms with Gasteiger partial charge in [0.15, 0.2) is 0 Å². The Labute approximate surface area is 104 Å². The van der Waals surface area contributed by atoms with Gasteiger partial charge in [-0.25, -0.2) is 0 Å². The summed E-state index contributed by atoms with van der Waals surface area (Å²) < 4.78 is 0. The first-order valence-corrected chi connectivity index (χ1v) is 6.42. The van der Waals surface area contributed by atoms with Crippen LogP contribution in [-0.2, 0) is 0 Å². The van der Waals surface area contributed by atoms with Gasteiger partial charge in [-0.1, -0.05) is 36.8 Å². The summed E-state index contributed by atoms with van der Waals surface area (Å²) in [5.41, 5.74) is 1.13. The number of nitriles is 1. The second-order valence-electron chi connectivity index (χ2n) is 5.11. The minimum absolute atomic E-state index is 0.00118. The molecular weight excluding hydrogens is 208 g/mol. The van der Waals surface area contributed by atoms with E-state index in [1.54, 1.807) is 0 Å². The molecule has 90 valence electrons. The maximum atomic E-state index is 9.26. The zero-order chi connectivity index (χ0) is 12.1. The molecule has 0 heterocycles. The van der Waals surface area contributed by atoms with Gasteiger partial charge in [0.25, 0.3) is 0 Å². The minimum Gasteiger partial charge on any atom is -0.304 e. The quantitative estimate of drug-likeness (QED) is 0.774. The van der Waals surface area contributed by atoms with Gasteiger partial charge in [0.1, 0.15) is 0 Å². The Bertz CT molecular complexity index is 376. The summed E-state index contributed by atoms with van der Waals surface area (Å²) >= 11 is 0. The first-order chi connectivity index (χ1) is 8.29. The number of hydrogen-bond donors (Lipinski definition) is 0. The van der Waals surface area contributed by atoms with Crippen molar-refractivity contribution in [1.82, 2.24) is 4.90 Å². The van der Waals surface area contributed by atoms with Crippen molar-refractivity contribution < 1.29 is 0 Å². The fraction of sp³-hybridized carbons (Fsp3) is 0.533. The van der Waals surface area contributed by atoms with Crippen molar-refractivity contribution in [3.63, 3.8) is 0 Å². The number of likely N-dealkylation sites (N-methyl/N-ethyl adjacent to an activating group) is 1. The molecule has 1 atom stereocenters. The van der Waals surface area contributed by atoms with Crippen LogP contribution in [0, 0.1) is 17.2 Å². The van der Waals surface area contributed by atoms with Crippen LogP contribution in [0.4, 0.5) is 0 Å². The predicted octanol–water partition coefficient (Wildman–Crippen LogP) is 3.03. The monoisotopic (exact) mass is 228 g/mol. The van der Waals surface area contributed by atoms with Gasteiger partial charge in [0.2, 0.25) is 0 Å². The Kier molecular flexibility index (Phi) is 4.17. The number of nitrogens with zero attached hydrogens (tertiary/aromatic N) is 2. The summed E-state index contributed by atoms with van der Waals surface area (Å²) in [6, 6.07) is 12.5. The van der Waals surface area contributed by atoms with E-state index in [2.05, 4.69) is 18.0 Å². The fourth-order valence-electron chi connectivity index (χ4n) is 2.41. The van der Waals surface area contributed by atoms with Crippen LogP contribution in [0.25, 0.3) is 0 Å². The molecule has 1 aliphatic rings. The smallest absolute Gasteiger partial charge is 0.0839 e. The molecule has 1 unspecified atom stereocenters. The van der Waals surface area contributed by atoms with Crippen molar-refractivity contribution in [3.05, 3.63) is 35.9 Å². The zero-order valence-electron chi connectivity index (χ0n) is 10.5. The Hall–Kier alpha value is -1.33. The van der Waals surface area contributed by atoms with E-state index >= 15 is 0 Å². The van der Waals surface area contributed by atoms with Gasteiger partial charge in [0.05, 0.1) is 12.0 Å². The highest BCUT2D eigenvalue weighted by atomic mass is 15.1. The lowest BCUT2D eigenvalue weighted by atomic mass is 9.85. The van der Waals surface area contributed by atoms with E-state index in [0.29, 0.717) is 0 Å². The van der Waals surface area contributed by atoms with Crippen molar-refractivity contribution in [2.45, 2.75) is 25.2 Å². The molecular formula is C15H20N2. The third kappa shape index (κ3) is 3.31. The number of hydrogen-bond acceptors (Lipinski definition) is 2. The van der Waals surface area contributed by atoms with Crippen LogP contribution in [0.15, 0.2) is 30.3 Å². The second-order valence-corrected chi connectivity index (χ2v) is 5.11. The summed E-state index contributed by atoms with van der Waals surface area (Å²) in [4.78, 5) is 2.31. The summed E-state index contributed by atoms with van der Waals surface area (Å²) in [6.45, 7) is 1.99. The molecule has 0 aromatic heterocycles. The van der Waals surface area contributed by atoms with E-state index in [-0.39, 0.29) is 5.92 Å². The van der Waals surface area contributed by atoms with Crippen LogP contribution in [0.2, 0.25) is 0 Å². The van der Waals surface area contributed by atoms with E-state index in [1.807, 2.05) is 30.3 Å². The van der Waals surface area contributed by atoms with Crippen molar-refractivity contribution in [3.8, 4) is 6.07 Å². The molecule has 2 rings (SSSR count). The molecule has 17 heavy (non-hydrogen) atoms. The molecule has 2 heteroatoms. The number of benzene rings is 1. The average molecular weight is 228 g/mol. The Morgan fingerprint density at radius 1 is 1.35 bits per heavy atom. The molecule has 1 aromatic carbocycles. The zero-order valence-corrected chi connectivity index (χ0v) is 10.5. The third-order valence-electron chi connectivity index (χ3n) is 3.65. The predicted molar refractivity (Wildman–Crippen MR) is 69.6 cm³/mol. The van der Waals surface area contributed by atoms with Gasteiger partial charge < -0.3 is 4.90 Å². The maximum Gasteiger partial charge on any atom is 0.0839 e. The van der Waals surface area contributed by atoms with Crippen LogP contribution in [-0.4, -0.2) is 25.0 Å². The second kappa shape index (κ2) is 5.84. The molecule has 0 spiro atoms. The molecule has 0 radical (unpaired) electrons. The molecule has 1 aromatic rings. The highest BCUT2D eigenvalue weighted by Gasteiger charge is 2.21. The first kappa shape index (κ1) is 12.1. The maximum absolute atomic E-state index is 9.26. The summed E-state index contributed by atoms with van der Waals surface area (Å²) in [5.74, 6) is 0.872. The molecule has 2 nitrogen and oxygen atoms in total. The molecule has 1 fully saturated rings. The van der Waals surface area contributed by atoms with Gasteiger partial charge in [-0.15, -0.1) is 0 Å². The average Bonchev–Trinajstić information content (AvgIpc) is 2.32. The van der Waals surface area contributed by atoms with Crippen LogP contribution in [0.5, 0.6) is 0 Å². The number of rotatable bonds is 5. The van der Waals surface area contributed by atoms with Crippen molar-refractivity contribution in [2.75, 3.05) is 20.1 Å². The lowest BCUT2D eigenvalue weighted by molar-refractivity contribution is 0.203. The summed E-state index contributed by atoms with van der Waals surface area (Å²) in [7, 11) is 2.13. The van der Waals surface area contributed by atoms with Gasteiger partial charge in [-0.2, -0.15) is 5.26 Å². The Balaban J connectivity index is 1.89. The lowest BCUT2D eigenvalue weighted by Crippen LogP contribution is -2.32. The highest BCUT2D eigenvalue weighted by Crippen LogP contribution is 2.27. The largest absolute Gasteiger partial charge is 0.304 e. The molecule has 0 bridgehead atoms. The molecule has 1 saturated carbocycles. The van der Waals surface area contributed by atoms with Crippen LogP contribution < -0.4 is 0 Å². The van der Waals surface area contributed by atoms with Gasteiger partial charge in [-0.3, -0.25) is 0 Å². The van der Waals surface area contributed by atoms with E-state index in [0.717, 1.165) is 24.6 Å². The van der Waals surface area contributed by atoms with Gasteiger partial charge in [0, 0.05) is 13.1 Å².